The van der Waals surface area contributed by atoms with Crippen molar-refractivity contribution in [1.29, 1.82) is 0 Å². The van der Waals surface area contributed by atoms with E-state index in [1.807, 2.05) is 31.2 Å². The van der Waals surface area contributed by atoms with Crippen LogP contribution < -0.4 is 10.6 Å². The molecule has 0 aromatic heterocycles. The third kappa shape index (κ3) is 4.17. The molecule has 0 unspecified atom stereocenters. The second-order valence-electron chi connectivity index (χ2n) is 4.59. The number of nitrogens with zero attached hydrogens (tertiary/aromatic N) is 1. The van der Waals surface area contributed by atoms with Crippen molar-refractivity contribution < 1.29 is 9.72 Å². The molecule has 2 rings (SSSR count). The van der Waals surface area contributed by atoms with Crippen molar-refractivity contribution >= 4 is 23.5 Å². The summed E-state index contributed by atoms with van der Waals surface area (Å²) in [5.74, 6) is 0. The molecule has 0 aliphatic carbocycles. The molecule has 2 amide bonds. The number of hydrogen-bond acceptors (Lipinski definition) is 3. The summed E-state index contributed by atoms with van der Waals surface area (Å²) < 4.78 is 0. The Morgan fingerprint density at radius 1 is 1.14 bits per heavy atom. The molecule has 0 saturated carbocycles. The van der Waals surface area contributed by atoms with E-state index in [0.29, 0.717) is 5.69 Å². The number of nitrogens with one attached hydrogen (secondary N) is 2. The van der Waals surface area contributed by atoms with Gasteiger partial charge in [-0.1, -0.05) is 24.3 Å². The number of carbonyl (C=O) groups excluding carboxylic acids is 1. The minimum Gasteiger partial charge on any atom is -0.314 e. The van der Waals surface area contributed by atoms with Crippen molar-refractivity contribution in [3.63, 3.8) is 0 Å². The smallest absolute Gasteiger partial charge is 0.314 e. The largest absolute Gasteiger partial charge is 0.323 e. The number of aryl methyl sites for hydroxylation is 1. The molecule has 0 atom stereocenters. The monoisotopic (exact) mass is 297 g/mol. The molecule has 0 aliphatic rings. The summed E-state index contributed by atoms with van der Waals surface area (Å²) in [5, 5.41) is 15.7. The molecule has 0 heterocycles. The average Bonchev–Trinajstić information content (AvgIpc) is 2.50. The van der Waals surface area contributed by atoms with Crippen LogP contribution in [0.4, 0.5) is 16.2 Å². The van der Waals surface area contributed by atoms with Crippen molar-refractivity contribution in [3.05, 3.63) is 76.0 Å². The van der Waals surface area contributed by atoms with Gasteiger partial charge in [-0.15, -0.1) is 0 Å². The van der Waals surface area contributed by atoms with Crippen LogP contribution in [0.1, 0.15) is 11.1 Å². The number of amides is 2. The highest BCUT2D eigenvalue weighted by atomic mass is 16.6. The molecule has 2 N–H and O–H groups in total. The van der Waals surface area contributed by atoms with E-state index in [1.165, 1.54) is 24.3 Å². The van der Waals surface area contributed by atoms with E-state index in [4.69, 9.17) is 0 Å². The molecular weight excluding hydrogens is 282 g/mol. The van der Waals surface area contributed by atoms with Gasteiger partial charge in [-0.3, -0.25) is 10.1 Å². The summed E-state index contributed by atoms with van der Waals surface area (Å²) in [7, 11) is 0. The number of anilines is 1. The average molecular weight is 297 g/mol. The van der Waals surface area contributed by atoms with Crippen LogP contribution in [-0.2, 0) is 0 Å². The van der Waals surface area contributed by atoms with E-state index >= 15 is 0 Å². The Balaban J connectivity index is 1.90. The molecule has 0 fully saturated rings. The molecule has 0 radical (unpaired) electrons. The van der Waals surface area contributed by atoms with Gasteiger partial charge in [0.25, 0.3) is 5.69 Å². The lowest BCUT2D eigenvalue weighted by Gasteiger charge is -2.04. The first-order valence-corrected chi connectivity index (χ1v) is 6.60. The van der Waals surface area contributed by atoms with Gasteiger partial charge in [0.05, 0.1) is 4.92 Å². The number of rotatable bonds is 4. The molecule has 0 bridgehead atoms. The predicted octanol–water partition coefficient (Wildman–Crippen LogP) is 3.70. The highest BCUT2D eigenvalue weighted by molar-refractivity contribution is 5.90. The van der Waals surface area contributed by atoms with Crippen LogP contribution in [0, 0.1) is 17.0 Å². The molecule has 6 nitrogen and oxygen atoms in total. The summed E-state index contributed by atoms with van der Waals surface area (Å²) in [6.45, 7) is 1.98. The molecule has 0 saturated heterocycles. The Morgan fingerprint density at radius 3 is 2.45 bits per heavy atom. The quantitative estimate of drug-likeness (QED) is 0.666. The molecule has 112 valence electrons. The topological polar surface area (TPSA) is 84.3 Å². The number of nitro groups is 1. The third-order valence-electron chi connectivity index (χ3n) is 3.00. The van der Waals surface area contributed by atoms with E-state index in [2.05, 4.69) is 10.6 Å². The van der Waals surface area contributed by atoms with E-state index in [9.17, 15) is 14.9 Å². The number of hydrogen-bond donors (Lipinski definition) is 2. The van der Waals surface area contributed by atoms with Crippen LogP contribution in [0.2, 0.25) is 0 Å². The normalized spacial score (nSPS) is 10.4. The lowest BCUT2D eigenvalue weighted by atomic mass is 10.1. The maximum Gasteiger partial charge on any atom is 0.323 e. The minimum absolute atomic E-state index is 0.0228. The van der Waals surface area contributed by atoms with Gasteiger partial charge in [-0.05, 0) is 36.3 Å². The van der Waals surface area contributed by atoms with Crippen LogP contribution >= 0.6 is 0 Å². The van der Waals surface area contributed by atoms with Crippen molar-refractivity contribution in [3.8, 4) is 0 Å². The van der Waals surface area contributed by atoms with E-state index in [-0.39, 0.29) is 5.69 Å². The third-order valence-corrected chi connectivity index (χ3v) is 3.00. The fraction of sp³-hybridized carbons (Fsp3) is 0.0625. The van der Waals surface area contributed by atoms with Crippen molar-refractivity contribution in [2.45, 2.75) is 6.92 Å². The molecule has 22 heavy (non-hydrogen) atoms. The first kappa shape index (κ1) is 15.2. The zero-order chi connectivity index (χ0) is 15.9. The van der Waals surface area contributed by atoms with Crippen LogP contribution in [0.25, 0.3) is 6.08 Å². The Bertz CT molecular complexity index is 709. The lowest BCUT2D eigenvalue weighted by Crippen LogP contribution is -2.23. The zero-order valence-corrected chi connectivity index (χ0v) is 11.9. The standard InChI is InChI=1S/C16H15N3O3/c1-12-4-2-3-5-13(12)10-11-17-16(20)18-14-6-8-15(9-7-14)19(21)22/h2-11H,1H3,(H2,17,18,20)/b11-10+. The summed E-state index contributed by atoms with van der Waals surface area (Å²) >= 11 is 0. The summed E-state index contributed by atoms with van der Waals surface area (Å²) in [4.78, 5) is 21.7. The molecular formula is C16H15N3O3. The maximum absolute atomic E-state index is 11.7. The molecule has 0 spiro atoms. The van der Waals surface area contributed by atoms with E-state index in [1.54, 1.807) is 12.3 Å². The molecule has 2 aromatic rings. The van der Waals surface area contributed by atoms with Gasteiger partial charge in [0.1, 0.15) is 0 Å². The van der Waals surface area contributed by atoms with Gasteiger partial charge < -0.3 is 10.6 Å². The number of urea groups is 1. The van der Waals surface area contributed by atoms with Gasteiger partial charge in [0.15, 0.2) is 0 Å². The first-order valence-electron chi connectivity index (χ1n) is 6.60. The maximum atomic E-state index is 11.7. The van der Waals surface area contributed by atoms with Crippen LogP contribution in [0.3, 0.4) is 0 Å². The highest BCUT2D eigenvalue weighted by Gasteiger charge is 2.05. The van der Waals surface area contributed by atoms with Crippen molar-refractivity contribution in [2.75, 3.05) is 5.32 Å². The van der Waals surface area contributed by atoms with E-state index in [0.717, 1.165) is 11.1 Å². The van der Waals surface area contributed by atoms with Crippen molar-refractivity contribution in [1.82, 2.24) is 5.32 Å². The van der Waals surface area contributed by atoms with Gasteiger partial charge >= 0.3 is 6.03 Å². The fourth-order valence-electron chi connectivity index (χ4n) is 1.81. The van der Waals surface area contributed by atoms with Crippen LogP contribution in [-0.4, -0.2) is 11.0 Å². The lowest BCUT2D eigenvalue weighted by molar-refractivity contribution is -0.384. The minimum atomic E-state index is -0.491. The predicted molar refractivity (Wildman–Crippen MR) is 85.5 cm³/mol. The summed E-state index contributed by atoms with van der Waals surface area (Å²) in [5.41, 5.74) is 2.58. The Hall–Kier alpha value is -3.15. The first-order chi connectivity index (χ1) is 10.6. The van der Waals surface area contributed by atoms with Gasteiger partial charge in [0, 0.05) is 24.0 Å². The number of carbonyl (C=O) groups is 1. The Labute approximate surface area is 127 Å². The SMILES string of the molecule is Cc1ccccc1/C=C/NC(=O)Nc1ccc([N+](=O)[O-])cc1. The highest BCUT2D eigenvalue weighted by Crippen LogP contribution is 2.15. The van der Waals surface area contributed by atoms with Gasteiger partial charge in [-0.2, -0.15) is 0 Å². The number of nitro benzene ring substituents is 1. The second-order valence-corrected chi connectivity index (χ2v) is 4.59. The van der Waals surface area contributed by atoms with Gasteiger partial charge in [-0.25, -0.2) is 4.79 Å². The summed E-state index contributed by atoms with van der Waals surface area (Å²) in [6.07, 6.45) is 3.34. The van der Waals surface area contributed by atoms with E-state index < -0.39 is 11.0 Å². The zero-order valence-electron chi connectivity index (χ0n) is 11.9. The second kappa shape index (κ2) is 7.03. The van der Waals surface area contributed by atoms with Crippen LogP contribution in [0.5, 0.6) is 0 Å². The fourth-order valence-corrected chi connectivity index (χ4v) is 1.81. The van der Waals surface area contributed by atoms with Gasteiger partial charge in [0.2, 0.25) is 0 Å². The molecule has 0 aliphatic heterocycles. The molecule has 2 aromatic carbocycles. The van der Waals surface area contributed by atoms with Crippen LogP contribution in [0.15, 0.2) is 54.7 Å². The number of benzene rings is 2. The Kier molecular flexibility index (Phi) is 4.87. The summed E-state index contributed by atoms with van der Waals surface area (Å²) in [6, 6.07) is 13.0. The molecule has 6 heteroatoms. The van der Waals surface area contributed by atoms with Crippen molar-refractivity contribution in [2.24, 2.45) is 0 Å². The Morgan fingerprint density at radius 2 is 1.82 bits per heavy atom. The number of non-ortho nitro benzene ring substituents is 1.